The molecule has 1 amide bonds. The number of halogens is 1. The quantitative estimate of drug-likeness (QED) is 0.287. The summed E-state index contributed by atoms with van der Waals surface area (Å²) < 4.78 is 0. The molecule has 2 aromatic rings. The number of amides is 1. The van der Waals surface area contributed by atoms with Crippen molar-refractivity contribution in [3.05, 3.63) is 57.8 Å². The van der Waals surface area contributed by atoms with Crippen LogP contribution in [0.1, 0.15) is 60.8 Å². The third-order valence-corrected chi connectivity index (χ3v) is 6.73. The van der Waals surface area contributed by atoms with Crippen LogP contribution in [0, 0.1) is 0 Å². The van der Waals surface area contributed by atoms with Crippen LogP contribution in [0.5, 0.6) is 0 Å². The molecule has 0 aliphatic carbocycles. The van der Waals surface area contributed by atoms with E-state index in [0.29, 0.717) is 6.54 Å². The first-order valence-electron chi connectivity index (χ1n) is 10.9. The van der Waals surface area contributed by atoms with Gasteiger partial charge in [0.05, 0.1) is 6.54 Å². The van der Waals surface area contributed by atoms with E-state index in [-0.39, 0.29) is 35.3 Å². The molecule has 0 saturated carbocycles. The summed E-state index contributed by atoms with van der Waals surface area (Å²) in [5.41, 5.74) is 1.91. The van der Waals surface area contributed by atoms with Crippen molar-refractivity contribution in [1.29, 1.82) is 0 Å². The fourth-order valence-electron chi connectivity index (χ4n) is 3.60. The highest BCUT2D eigenvalue weighted by molar-refractivity contribution is 14.0. The van der Waals surface area contributed by atoms with Crippen LogP contribution in [-0.2, 0) is 12.0 Å². The highest BCUT2D eigenvalue weighted by Gasteiger charge is 2.22. The number of likely N-dealkylation sites (tertiary alicyclic amines) is 1. The Labute approximate surface area is 207 Å². The number of thiophene rings is 1. The molecule has 0 unspecified atom stereocenters. The SMILES string of the molecule is CCNC(=NCc1ccc(C(=O)N2CCCCC2)cc1)NCC(C)(C)c1cccs1.I. The number of piperidine rings is 1. The van der Waals surface area contributed by atoms with Crippen LogP contribution in [0.2, 0.25) is 0 Å². The molecule has 1 aliphatic rings. The number of nitrogens with zero attached hydrogens (tertiary/aromatic N) is 2. The third kappa shape index (κ3) is 7.49. The second kappa shape index (κ2) is 12.4. The van der Waals surface area contributed by atoms with Gasteiger partial charge in [0.25, 0.3) is 5.91 Å². The molecule has 0 bridgehead atoms. The maximum atomic E-state index is 12.6. The summed E-state index contributed by atoms with van der Waals surface area (Å²) in [5.74, 6) is 0.964. The number of hydrogen-bond donors (Lipinski definition) is 2. The molecule has 0 atom stereocenters. The van der Waals surface area contributed by atoms with E-state index in [1.54, 1.807) is 11.3 Å². The van der Waals surface area contributed by atoms with E-state index < -0.39 is 0 Å². The van der Waals surface area contributed by atoms with Gasteiger partial charge in [-0.3, -0.25) is 4.79 Å². The van der Waals surface area contributed by atoms with Crippen LogP contribution in [0.4, 0.5) is 0 Å². The fourth-order valence-corrected chi connectivity index (χ4v) is 4.45. The van der Waals surface area contributed by atoms with Crippen molar-refractivity contribution in [2.75, 3.05) is 26.2 Å². The zero-order chi connectivity index (χ0) is 21.4. The summed E-state index contributed by atoms with van der Waals surface area (Å²) in [6.07, 6.45) is 3.46. The van der Waals surface area contributed by atoms with E-state index in [1.807, 2.05) is 29.2 Å². The van der Waals surface area contributed by atoms with Crippen molar-refractivity contribution in [3.63, 3.8) is 0 Å². The number of benzene rings is 1. The number of rotatable bonds is 7. The first-order chi connectivity index (χ1) is 14.5. The predicted molar refractivity (Wildman–Crippen MR) is 142 cm³/mol. The lowest BCUT2D eigenvalue weighted by molar-refractivity contribution is 0.0724. The zero-order valence-electron chi connectivity index (χ0n) is 18.8. The minimum atomic E-state index is 0. The topological polar surface area (TPSA) is 56.7 Å². The molecule has 1 aromatic carbocycles. The van der Waals surface area contributed by atoms with Crippen LogP contribution >= 0.6 is 35.3 Å². The van der Waals surface area contributed by atoms with Gasteiger partial charge in [-0.1, -0.05) is 32.0 Å². The maximum absolute atomic E-state index is 12.6. The molecule has 7 heteroatoms. The summed E-state index contributed by atoms with van der Waals surface area (Å²) in [4.78, 5) is 20.7. The van der Waals surface area contributed by atoms with Crippen molar-refractivity contribution < 1.29 is 4.79 Å². The molecule has 0 spiro atoms. The summed E-state index contributed by atoms with van der Waals surface area (Å²) in [6.45, 7) is 10.5. The molecule has 5 nitrogen and oxygen atoms in total. The largest absolute Gasteiger partial charge is 0.357 e. The van der Waals surface area contributed by atoms with Crippen LogP contribution in [0.3, 0.4) is 0 Å². The first kappa shape index (κ1) is 25.6. The minimum absolute atomic E-state index is 0. The molecule has 1 fully saturated rings. The maximum Gasteiger partial charge on any atom is 0.253 e. The number of hydrogen-bond acceptors (Lipinski definition) is 3. The number of carbonyl (C=O) groups is 1. The fraction of sp³-hybridized carbons (Fsp3) is 0.500. The van der Waals surface area contributed by atoms with E-state index in [2.05, 4.69) is 48.9 Å². The summed E-state index contributed by atoms with van der Waals surface area (Å²) in [6, 6.07) is 12.2. The Hall–Kier alpha value is -1.61. The molecule has 0 radical (unpaired) electrons. The highest BCUT2D eigenvalue weighted by atomic mass is 127. The van der Waals surface area contributed by atoms with Gasteiger partial charge < -0.3 is 15.5 Å². The van der Waals surface area contributed by atoms with Gasteiger partial charge >= 0.3 is 0 Å². The van der Waals surface area contributed by atoms with E-state index in [1.165, 1.54) is 11.3 Å². The second-order valence-electron chi connectivity index (χ2n) is 8.46. The van der Waals surface area contributed by atoms with Crippen molar-refractivity contribution in [3.8, 4) is 0 Å². The van der Waals surface area contributed by atoms with E-state index >= 15 is 0 Å². The molecule has 1 saturated heterocycles. The lowest BCUT2D eigenvalue weighted by Crippen LogP contribution is -2.43. The van der Waals surface area contributed by atoms with Gasteiger partial charge in [-0.2, -0.15) is 0 Å². The molecular formula is C24H35IN4OS. The number of carbonyl (C=O) groups excluding carboxylic acids is 1. The third-order valence-electron chi connectivity index (χ3n) is 5.49. The Morgan fingerprint density at radius 2 is 1.81 bits per heavy atom. The minimum Gasteiger partial charge on any atom is -0.357 e. The van der Waals surface area contributed by atoms with Crippen LogP contribution < -0.4 is 10.6 Å². The summed E-state index contributed by atoms with van der Waals surface area (Å²) in [7, 11) is 0. The molecule has 1 aliphatic heterocycles. The van der Waals surface area contributed by atoms with Crippen molar-refractivity contribution in [1.82, 2.24) is 15.5 Å². The van der Waals surface area contributed by atoms with Gasteiger partial charge in [0.2, 0.25) is 0 Å². The smallest absolute Gasteiger partial charge is 0.253 e. The van der Waals surface area contributed by atoms with E-state index in [9.17, 15) is 4.79 Å². The average Bonchev–Trinajstić information content (AvgIpc) is 3.32. The molecule has 3 rings (SSSR count). The Balaban J connectivity index is 0.00000341. The number of guanidine groups is 1. The Morgan fingerprint density at radius 1 is 1.10 bits per heavy atom. The van der Waals surface area contributed by atoms with Gasteiger partial charge in [-0.25, -0.2) is 4.99 Å². The molecular weight excluding hydrogens is 519 g/mol. The molecule has 2 heterocycles. The van der Waals surface area contributed by atoms with Gasteiger partial charge in [-0.15, -0.1) is 35.3 Å². The van der Waals surface area contributed by atoms with Gasteiger partial charge in [0.15, 0.2) is 5.96 Å². The van der Waals surface area contributed by atoms with Crippen LogP contribution in [0.15, 0.2) is 46.8 Å². The normalized spacial score (nSPS) is 14.7. The number of aliphatic imine (C=N–C) groups is 1. The Bertz CT molecular complexity index is 828. The highest BCUT2D eigenvalue weighted by Crippen LogP contribution is 2.26. The van der Waals surface area contributed by atoms with Crippen LogP contribution in [-0.4, -0.2) is 42.9 Å². The van der Waals surface area contributed by atoms with Crippen LogP contribution in [0.25, 0.3) is 0 Å². The molecule has 170 valence electrons. The van der Waals surface area contributed by atoms with Gasteiger partial charge in [0.1, 0.15) is 0 Å². The number of nitrogens with one attached hydrogen (secondary N) is 2. The van der Waals surface area contributed by atoms with Gasteiger partial charge in [0, 0.05) is 42.0 Å². The standard InChI is InChI=1S/C24H34N4OS.HI/c1-4-25-23(27-18-24(2,3)21-9-8-16-30-21)26-17-19-10-12-20(13-11-19)22(29)28-14-6-5-7-15-28;/h8-13,16H,4-7,14-15,17-18H2,1-3H3,(H2,25,26,27);1H. The zero-order valence-corrected chi connectivity index (χ0v) is 22.0. The monoisotopic (exact) mass is 554 g/mol. The second-order valence-corrected chi connectivity index (χ2v) is 9.41. The molecule has 2 N–H and O–H groups in total. The van der Waals surface area contributed by atoms with E-state index in [0.717, 1.165) is 56.1 Å². The Morgan fingerprint density at radius 3 is 2.42 bits per heavy atom. The Kier molecular flexibility index (Phi) is 10.3. The lowest BCUT2D eigenvalue weighted by atomic mass is 9.91. The van der Waals surface area contributed by atoms with Crippen molar-refractivity contribution in [2.24, 2.45) is 4.99 Å². The van der Waals surface area contributed by atoms with E-state index in [4.69, 9.17) is 4.99 Å². The first-order valence-corrected chi connectivity index (χ1v) is 11.8. The average molecular weight is 555 g/mol. The summed E-state index contributed by atoms with van der Waals surface area (Å²) >= 11 is 1.79. The van der Waals surface area contributed by atoms with Gasteiger partial charge in [-0.05, 0) is 55.3 Å². The predicted octanol–water partition coefficient (Wildman–Crippen LogP) is 5.03. The molecule has 31 heavy (non-hydrogen) atoms. The lowest BCUT2D eigenvalue weighted by Gasteiger charge is -2.26. The summed E-state index contributed by atoms with van der Waals surface area (Å²) in [5, 5.41) is 8.92. The van der Waals surface area contributed by atoms with Crippen molar-refractivity contribution in [2.45, 2.75) is 52.0 Å². The molecule has 1 aromatic heterocycles. The van der Waals surface area contributed by atoms with Crippen molar-refractivity contribution >= 4 is 47.2 Å².